The molecule has 3 heterocycles. The van der Waals surface area contributed by atoms with Crippen LogP contribution in [0.3, 0.4) is 0 Å². The van der Waals surface area contributed by atoms with Crippen molar-refractivity contribution in [3.8, 4) is 0 Å². The summed E-state index contributed by atoms with van der Waals surface area (Å²) in [5.41, 5.74) is 9.13. The standard InChI is InChI=1S/C23H28N4/c1-15-6-7-19(11-16(15)2)14-26-10-4-5-21-17(3)27-22(25-23(21)26)20(13-24-27)12-18-8-9-18/h6-7,11,13,18H,4-5,8-10,12,14H2,1-3H3. The van der Waals surface area contributed by atoms with E-state index in [2.05, 4.69) is 53.5 Å². The van der Waals surface area contributed by atoms with Crippen LogP contribution in [0, 0.1) is 26.7 Å². The number of aryl methyl sites for hydroxylation is 3. The van der Waals surface area contributed by atoms with Gasteiger partial charge in [0.2, 0.25) is 0 Å². The van der Waals surface area contributed by atoms with Crippen LogP contribution in [0.25, 0.3) is 5.65 Å². The van der Waals surface area contributed by atoms with E-state index < -0.39 is 0 Å². The Hall–Kier alpha value is -2.36. The maximum absolute atomic E-state index is 5.16. The van der Waals surface area contributed by atoms with Gasteiger partial charge in [-0.25, -0.2) is 9.50 Å². The average molecular weight is 361 g/mol. The molecule has 5 rings (SSSR count). The summed E-state index contributed by atoms with van der Waals surface area (Å²) >= 11 is 0. The molecule has 0 radical (unpaired) electrons. The zero-order valence-electron chi connectivity index (χ0n) is 16.6. The molecule has 0 atom stereocenters. The number of hydrogen-bond acceptors (Lipinski definition) is 3. The predicted octanol–water partition coefficient (Wildman–Crippen LogP) is 4.56. The molecular weight excluding hydrogens is 332 g/mol. The van der Waals surface area contributed by atoms with Crippen LogP contribution in [0.2, 0.25) is 0 Å². The summed E-state index contributed by atoms with van der Waals surface area (Å²) in [7, 11) is 0. The fourth-order valence-corrected chi connectivity index (χ4v) is 4.36. The minimum atomic E-state index is 0.850. The second-order valence-electron chi connectivity index (χ2n) is 8.50. The summed E-state index contributed by atoms with van der Waals surface area (Å²) in [6.07, 6.45) is 8.19. The predicted molar refractivity (Wildman–Crippen MR) is 109 cm³/mol. The summed E-state index contributed by atoms with van der Waals surface area (Å²) in [6, 6.07) is 6.83. The first-order chi connectivity index (χ1) is 13.1. The van der Waals surface area contributed by atoms with Crippen molar-refractivity contribution in [1.82, 2.24) is 14.6 Å². The fraction of sp³-hybridized carbons (Fsp3) is 0.478. The Labute approximate surface area is 161 Å². The number of hydrogen-bond donors (Lipinski definition) is 0. The Morgan fingerprint density at radius 1 is 1.11 bits per heavy atom. The summed E-state index contributed by atoms with van der Waals surface area (Å²) in [5.74, 6) is 2.03. The highest BCUT2D eigenvalue weighted by molar-refractivity contribution is 5.60. The third-order valence-corrected chi connectivity index (χ3v) is 6.36. The highest BCUT2D eigenvalue weighted by Gasteiger charge is 2.27. The SMILES string of the molecule is Cc1ccc(CN2CCCc3c2nc2c(CC4CC4)cnn2c3C)cc1C. The second kappa shape index (κ2) is 6.36. The molecular formula is C23H28N4. The molecule has 1 aromatic carbocycles. The van der Waals surface area contributed by atoms with Gasteiger partial charge in [-0.3, -0.25) is 0 Å². The number of nitrogens with zero attached hydrogens (tertiary/aromatic N) is 4. The molecule has 1 aliphatic heterocycles. The molecule has 0 amide bonds. The van der Waals surface area contributed by atoms with E-state index in [-0.39, 0.29) is 0 Å². The van der Waals surface area contributed by atoms with Crippen molar-refractivity contribution in [3.05, 3.63) is 57.9 Å². The highest BCUT2D eigenvalue weighted by Crippen LogP contribution is 2.35. The lowest BCUT2D eigenvalue weighted by molar-refractivity contribution is 0.664. The van der Waals surface area contributed by atoms with Crippen molar-refractivity contribution in [2.75, 3.05) is 11.4 Å². The van der Waals surface area contributed by atoms with Gasteiger partial charge in [-0.1, -0.05) is 18.2 Å². The normalized spacial score (nSPS) is 16.8. The monoisotopic (exact) mass is 360 g/mol. The Bertz CT molecular complexity index is 1010. The zero-order valence-corrected chi connectivity index (χ0v) is 16.6. The van der Waals surface area contributed by atoms with Crippen LogP contribution in [0.1, 0.15) is 52.8 Å². The number of fused-ring (bicyclic) bond motifs is 2. The molecule has 27 heavy (non-hydrogen) atoms. The highest BCUT2D eigenvalue weighted by atomic mass is 15.3. The van der Waals surface area contributed by atoms with Gasteiger partial charge in [0, 0.05) is 29.9 Å². The fourth-order valence-electron chi connectivity index (χ4n) is 4.36. The van der Waals surface area contributed by atoms with Gasteiger partial charge in [0.15, 0.2) is 5.65 Å². The Morgan fingerprint density at radius 2 is 1.96 bits per heavy atom. The van der Waals surface area contributed by atoms with Gasteiger partial charge >= 0.3 is 0 Å². The Kier molecular flexibility index (Phi) is 3.96. The van der Waals surface area contributed by atoms with Crippen LogP contribution in [0.4, 0.5) is 5.82 Å². The number of benzene rings is 1. The van der Waals surface area contributed by atoms with Gasteiger partial charge in [0.05, 0.1) is 6.20 Å². The first-order valence-electron chi connectivity index (χ1n) is 10.3. The molecule has 0 unspecified atom stereocenters. The third-order valence-electron chi connectivity index (χ3n) is 6.36. The van der Waals surface area contributed by atoms with Crippen LogP contribution >= 0.6 is 0 Å². The van der Waals surface area contributed by atoms with Crippen LogP contribution in [-0.2, 0) is 19.4 Å². The molecule has 1 aliphatic carbocycles. The average Bonchev–Trinajstić information content (AvgIpc) is 3.38. The smallest absolute Gasteiger partial charge is 0.160 e. The zero-order chi connectivity index (χ0) is 18.5. The van der Waals surface area contributed by atoms with Crippen LogP contribution < -0.4 is 4.90 Å². The quantitative estimate of drug-likeness (QED) is 0.684. The molecule has 2 aromatic heterocycles. The molecule has 1 fully saturated rings. The Balaban J connectivity index is 1.54. The number of anilines is 1. The first kappa shape index (κ1) is 16.8. The maximum atomic E-state index is 5.16. The van der Waals surface area contributed by atoms with Crippen molar-refractivity contribution in [1.29, 1.82) is 0 Å². The Morgan fingerprint density at radius 3 is 2.74 bits per heavy atom. The van der Waals surface area contributed by atoms with Crippen molar-refractivity contribution in [2.24, 2.45) is 5.92 Å². The van der Waals surface area contributed by atoms with E-state index in [1.807, 2.05) is 6.20 Å². The topological polar surface area (TPSA) is 33.4 Å². The molecule has 2 aliphatic rings. The van der Waals surface area contributed by atoms with E-state index >= 15 is 0 Å². The molecule has 140 valence electrons. The van der Waals surface area contributed by atoms with Gasteiger partial charge in [-0.15, -0.1) is 0 Å². The van der Waals surface area contributed by atoms with Crippen LogP contribution in [-0.4, -0.2) is 21.1 Å². The van der Waals surface area contributed by atoms with Crippen molar-refractivity contribution in [2.45, 2.75) is 59.4 Å². The van der Waals surface area contributed by atoms with E-state index in [9.17, 15) is 0 Å². The molecule has 0 N–H and O–H groups in total. The number of aromatic nitrogens is 3. The molecule has 4 heteroatoms. The minimum Gasteiger partial charge on any atom is -0.352 e. The van der Waals surface area contributed by atoms with Crippen molar-refractivity contribution in [3.63, 3.8) is 0 Å². The van der Waals surface area contributed by atoms with Gasteiger partial charge in [-0.05, 0) is 75.5 Å². The third kappa shape index (κ3) is 3.01. The molecule has 1 saturated carbocycles. The van der Waals surface area contributed by atoms with E-state index in [1.54, 1.807) is 0 Å². The molecule has 4 nitrogen and oxygen atoms in total. The molecule has 0 saturated heterocycles. The van der Waals surface area contributed by atoms with Crippen molar-refractivity contribution < 1.29 is 0 Å². The van der Waals surface area contributed by atoms with Crippen LogP contribution in [0.5, 0.6) is 0 Å². The number of rotatable bonds is 4. The molecule has 0 bridgehead atoms. The summed E-state index contributed by atoms with van der Waals surface area (Å²) in [5, 5.41) is 4.67. The van der Waals surface area contributed by atoms with Crippen LogP contribution in [0.15, 0.2) is 24.4 Å². The second-order valence-corrected chi connectivity index (χ2v) is 8.50. The summed E-state index contributed by atoms with van der Waals surface area (Å²) in [6.45, 7) is 8.60. The lowest BCUT2D eigenvalue weighted by Gasteiger charge is -2.31. The van der Waals surface area contributed by atoms with E-state index in [1.165, 1.54) is 58.6 Å². The minimum absolute atomic E-state index is 0.850. The lowest BCUT2D eigenvalue weighted by atomic mass is 10.0. The molecule has 0 spiro atoms. The van der Waals surface area contributed by atoms with Gasteiger partial charge in [0.1, 0.15) is 5.82 Å². The van der Waals surface area contributed by atoms with E-state index in [0.717, 1.165) is 37.5 Å². The lowest BCUT2D eigenvalue weighted by Crippen LogP contribution is -2.31. The van der Waals surface area contributed by atoms with Gasteiger partial charge in [-0.2, -0.15) is 5.10 Å². The largest absolute Gasteiger partial charge is 0.352 e. The molecule has 3 aromatic rings. The van der Waals surface area contributed by atoms with Gasteiger partial charge in [0.25, 0.3) is 0 Å². The van der Waals surface area contributed by atoms with E-state index in [0.29, 0.717) is 0 Å². The van der Waals surface area contributed by atoms with Crippen molar-refractivity contribution >= 4 is 11.5 Å². The summed E-state index contributed by atoms with van der Waals surface area (Å²) < 4.78 is 2.08. The van der Waals surface area contributed by atoms with E-state index in [4.69, 9.17) is 4.98 Å². The first-order valence-corrected chi connectivity index (χ1v) is 10.3. The van der Waals surface area contributed by atoms with Gasteiger partial charge < -0.3 is 4.90 Å². The maximum Gasteiger partial charge on any atom is 0.160 e. The summed E-state index contributed by atoms with van der Waals surface area (Å²) in [4.78, 5) is 7.64.